The first-order chi connectivity index (χ1) is 14.4. The zero-order valence-electron chi connectivity index (χ0n) is 18.7. The molecule has 1 atom stereocenters. The Morgan fingerprint density at radius 1 is 0.800 bits per heavy atom. The lowest BCUT2D eigenvalue weighted by molar-refractivity contribution is -0.156. The second-order valence-electron chi connectivity index (χ2n) is 12.8. The largest absolute Gasteiger partial charge is 0.456 e. The van der Waals surface area contributed by atoms with Gasteiger partial charge in [0, 0.05) is 6.04 Å². The minimum atomic E-state index is -0.144. The SMILES string of the molecule is C[C@H](NC(=O)COC(=O)CC12CC3CC(CC(C3)C1)C2)C12CC3CC(CC(C3)C1)C2. The second-order valence-corrected chi connectivity index (χ2v) is 12.8. The Kier molecular flexibility index (Phi) is 4.56. The second kappa shape index (κ2) is 6.97. The fourth-order valence-electron chi connectivity index (χ4n) is 10.2. The van der Waals surface area contributed by atoms with E-state index in [2.05, 4.69) is 12.2 Å². The van der Waals surface area contributed by atoms with Crippen molar-refractivity contribution in [3.63, 3.8) is 0 Å². The van der Waals surface area contributed by atoms with E-state index in [1.807, 2.05) is 0 Å². The number of hydrogen-bond acceptors (Lipinski definition) is 3. The van der Waals surface area contributed by atoms with Crippen molar-refractivity contribution in [3.05, 3.63) is 0 Å². The molecular weight excluding hydrogens is 374 g/mol. The van der Waals surface area contributed by atoms with Crippen LogP contribution in [0.3, 0.4) is 0 Å². The van der Waals surface area contributed by atoms with Crippen LogP contribution < -0.4 is 5.32 Å². The Bertz CT molecular complexity index is 657. The summed E-state index contributed by atoms with van der Waals surface area (Å²) in [6, 6.07) is 0.195. The maximum Gasteiger partial charge on any atom is 0.306 e. The van der Waals surface area contributed by atoms with Crippen LogP contribution in [-0.2, 0) is 14.3 Å². The highest BCUT2D eigenvalue weighted by molar-refractivity contribution is 5.81. The number of carbonyl (C=O) groups is 2. The Morgan fingerprint density at radius 2 is 1.23 bits per heavy atom. The Morgan fingerprint density at radius 3 is 1.70 bits per heavy atom. The van der Waals surface area contributed by atoms with Gasteiger partial charge in [-0.3, -0.25) is 9.59 Å². The van der Waals surface area contributed by atoms with Crippen LogP contribution in [-0.4, -0.2) is 24.5 Å². The van der Waals surface area contributed by atoms with E-state index in [-0.39, 0.29) is 29.9 Å². The zero-order chi connectivity index (χ0) is 20.5. The van der Waals surface area contributed by atoms with Crippen molar-refractivity contribution in [2.45, 2.75) is 96.4 Å². The number of hydrogen-bond donors (Lipinski definition) is 1. The van der Waals surface area contributed by atoms with Gasteiger partial charge in [0.1, 0.15) is 0 Å². The first-order valence-corrected chi connectivity index (χ1v) is 12.8. The third-order valence-corrected chi connectivity index (χ3v) is 10.4. The van der Waals surface area contributed by atoms with Crippen molar-refractivity contribution in [2.24, 2.45) is 46.3 Å². The summed E-state index contributed by atoms with van der Waals surface area (Å²) in [7, 11) is 0. The quantitative estimate of drug-likeness (QED) is 0.633. The predicted octanol–water partition coefficient (Wildman–Crippen LogP) is 4.86. The molecule has 0 spiro atoms. The molecule has 8 saturated carbocycles. The van der Waals surface area contributed by atoms with E-state index in [4.69, 9.17) is 4.74 Å². The summed E-state index contributed by atoms with van der Waals surface area (Å²) in [6.07, 6.45) is 16.4. The minimum Gasteiger partial charge on any atom is -0.456 e. The van der Waals surface area contributed by atoms with E-state index in [9.17, 15) is 9.59 Å². The van der Waals surface area contributed by atoms with Crippen molar-refractivity contribution >= 4 is 11.9 Å². The average molecular weight is 414 g/mol. The Labute approximate surface area is 181 Å². The highest BCUT2D eigenvalue weighted by Gasteiger charge is 2.54. The highest BCUT2D eigenvalue weighted by atomic mass is 16.5. The van der Waals surface area contributed by atoms with Crippen LogP contribution in [0.25, 0.3) is 0 Å². The van der Waals surface area contributed by atoms with Crippen molar-refractivity contribution in [1.82, 2.24) is 5.32 Å². The van der Waals surface area contributed by atoms with Crippen LogP contribution in [0.2, 0.25) is 0 Å². The molecule has 0 radical (unpaired) electrons. The summed E-state index contributed by atoms with van der Waals surface area (Å²) >= 11 is 0. The van der Waals surface area contributed by atoms with Gasteiger partial charge < -0.3 is 10.1 Å². The maximum absolute atomic E-state index is 12.6. The molecule has 8 rings (SSSR count). The lowest BCUT2D eigenvalue weighted by atomic mass is 9.48. The number of nitrogens with one attached hydrogen (secondary N) is 1. The molecule has 0 aromatic carbocycles. The molecule has 4 heteroatoms. The molecule has 0 heterocycles. The smallest absolute Gasteiger partial charge is 0.306 e. The van der Waals surface area contributed by atoms with E-state index in [1.54, 1.807) is 0 Å². The van der Waals surface area contributed by atoms with E-state index >= 15 is 0 Å². The summed E-state index contributed by atoms with van der Waals surface area (Å²) < 4.78 is 5.51. The topological polar surface area (TPSA) is 55.4 Å². The van der Waals surface area contributed by atoms with Gasteiger partial charge in [-0.2, -0.15) is 0 Å². The van der Waals surface area contributed by atoms with Gasteiger partial charge in [0.05, 0.1) is 6.42 Å². The molecule has 0 saturated heterocycles. The number of esters is 1. The van der Waals surface area contributed by atoms with E-state index < -0.39 is 0 Å². The summed E-state index contributed by atoms with van der Waals surface area (Å²) in [5.74, 6) is 4.93. The van der Waals surface area contributed by atoms with Gasteiger partial charge in [0.15, 0.2) is 6.61 Å². The van der Waals surface area contributed by atoms with Gasteiger partial charge >= 0.3 is 5.97 Å². The third kappa shape index (κ3) is 3.41. The number of amides is 1. The Balaban J connectivity index is 1.00. The normalized spacial score (nSPS) is 48.6. The fraction of sp³-hybridized carbons (Fsp3) is 0.923. The van der Waals surface area contributed by atoms with Crippen molar-refractivity contribution < 1.29 is 14.3 Å². The van der Waals surface area contributed by atoms with E-state index in [0.717, 1.165) is 35.5 Å². The first-order valence-electron chi connectivity index (χ1n) is 12.8. The lowest BCUT2D eigenvalue weighted by Gasteiger charge is -2.59. The molecule has 0 aromatic heterocycles. The molecule has 8 aliphatic carbocycles. The summed E-state index contributed by atoms with van der Waals surface area (Å²) in [6.45, 7) is 2.10. The summed E-state index contributed by atoms with van der Waals surface area (Å²) in [5, 5.41) is 3.24. The molecule has 30 heavy (non-hydrogen) atoms. The molecule has 0 unspecified atom stereocenters. The molecule has 8 bridgehead atoms. The monoisotopic (exact) mass is 413 g/mol. The van der Waals surface area contributed by atoms with Gasteiger partial charge in [-0.05, 0) is 130 Å². The molecule has 4 nitrogen and oxygen atoms in total. The lowest BCUT2D eigenvalue weighted by Crippen LogP contribution is -2.56. The molecule has 8 fully saturated rings. The molecule has 0 aliphatic heterocycles. The van der Waals surface area contributed by atoms with Crippen LogP contribution >= 0.6 is 0 Å². The first kappa shape index (κ1) is 19.6. The number of carbonyl (C=O) groups excluding carboxylic acids is 2. The van der Waals surface area contributed by atoms with Crippen molar-refractivity contribution in [2.75, 3.05) is 6.61 Å². The molecule has 0 aromatic rings. The molecule has 166 valence electrons. The van der Waals surface area contributed by atoms with Gasteiger partial charge in [0.2, 0.25) is 0 Å². The molecule has 1 amide bonds. The number of ether oxygens (including phenoxy) is 1. The van der Waals surface area contributed by atoms with Gasteiger partial charge in [0.25, 0.3) is 5.91 Å². The van der Waals surface area contributed by atoms with Crippen LogP contribution in [0.1, 0.15) is 90.4 Å². The van der Waals surface area contributed by atoms with Crippen molar-refractivity contribution in [3.8, 4) is 0 Å². The van der Waals surface area contributed by atoms with Crippen LogP contribution in [0, 0.1) is 46.3 Å². The van der Waals surface area contributed by atoms with Crippen LogP contribution in [0.4, 0.5) is 0 Å². The summed E-state index contributed by atoms with van der Waals surface area (Å²) in [4.78, 5) is 25.3. The summed E-state index contributed by atoms with van der Waals surface area (Å²) in [5.41, 5.74) is 0.489. The third-order valence-electron chi connectivity index (χ3n) is 10.4. The van der Waals surface area contributed by atoms with Gasteiger partial charge in [-0.1, -0.05) is 0 Å². The molecule has 1 N–H and O–H groups in total. The maximum atomic E-state index is 12.6. The average Bonchev–Trinajstić information content (AvgIpc) is 2.64. The minimum absolute atomic E-state index is 0.0953. The van der Waals surface area contributed by atoms with E-state index in [0.29, 0.717) is 11.8 Å². The Hall–Kier alpha value is -1.06. The van der Waals surface area contributed by atoms with Gasteiger partial charge in [-0.15, -0.1) is 0 Å². The van der Waals surface area contributed by atoms with Gasteiger partial charge in [-0.25, -0.2) is 0 Å². The molecule has 8 aliphatic rings. The van der Waals surface area contributed by atoms with Crippen LogP contribution in [0.5, 0.6) is 0 Å². The van der Waals surface area contributed by atoms with Crippen LogP contribution in [0.15, 0.2) is 0 Å². The zero-order valence-corrected chi connectivity index (χ0v) is 18.7. The number of rotatable bonds is 6. The standard InChI is InChI=1S/C26H39NO3/c1-16(26-11-20-5-21(12-26)7-22(6-20)13-26)27-23(28)15-30-24(29)14-25-8-17-2-18(9-25)4-19(3-17)10-25/h16-22H,2-15H2,1H3,(H,27,28)/t16-,17?,18?,19?,20?,21?,22?,25?,26?/m0/s1. The molecular formula is C26H39NO3. The fourth-order valence-corrected chi connectivity index (χ4v) is 10.2. The van der Waals surface area contributed by atoms with E-state index in [1.165, 1.54) is 77.0 Å². The highest BCUT2D eigenvalue weighted by Crippen LogP contribution is 2.62. The van der Waals surface area contributed by atoms with Crippen molar-refractivity contribution in [1.29, 1.82) is 0 Å². The predicted molar refractivity (Wildman–Crippen MR) is 114 cm³/mol.